The molecular weight excluding hydrogens is 441 g/mol. The molecule has 2 heterocycles. The van der Waals surface area contributed by atoms with Crippen molar-refractivity contribution in [3.8, 4) is 0 Å². The van der Waals surface area contributed by atoms with E-state index in [9.17, 15) is 4.79 Å². The molecule has 0 spiro atoms. The lowest BCUT2D eigenvalue weighted by atomic mass is 10.0. The zero-order valence-corrected chi connectivity index (χ0v) is 19.1. The van der Waals surface area contributed by atoms with Crippen LogP contribution in [0.3, 0.4) is 0 Å². The molecule has 2 atom stereocenters. The fraction of sp³-hybridized carbons (Fsp3) is 0.895. The topological polar surface area (TPSA) is 60.0 Å². The monoisotopic (exact) mass is 479 g/mol. The van der Waals surface area contributed by atoms with Crippen molar-refractivity contribution in [2.45, 2.75) is 58.4 Å². The van der Waals surface area contributed by atoms with Crippen molar-refractivity contribution in [3.63, 3.8) is 0 Å². The third-order valence-corrected chi connectivity index (χ3v) is 5.34. The lowest BCUT2D eigenvalue weighted by Gasteiger charge is -2.30. The molecule has 2 N–H and O–H groups in total. The van der Waals surface area contributed by atoms with Crippen molar-refractivity contribution in [1.82, 2.24) is 20.4 Å². The summed E-state index contributed by atoms with van der Waals surface area (Å²) < 4.78 is 0. The number of carbonyl (C=O) groups excluding carboxylic acids is 1. The van der Waals surface area contributed by atoms with Crippen molar-refractivity contribution >= 4 is 35.8 Å². The quantitative estimate of drug-likeness (QED) is 0.255. The van der Waals surface area contributed by atoms with Gasteiger partial charge in [0.15, 0.2) is 5.96 Å². The van der Waals surface area contributed by atoms with Crippen LogP contribution in [0, 0.1) is 5.92 Å². The van der Waals surface area contributed by atoms with Gasteiger partial charge >= 0.3 is 0 Å². The van der Waals surface area contributed by atoms with Crippen LogP contribution in [0.25, 0.3) is 0 Å². The van der Waals surface area contributed by atoms with Crippen LogP contribution in [0.5, 0.6) is 0 Å². The average Bonchev–Trinajstić information content (AvgIpc) is 3.08. The van der Waals surface area contributed by atoms with Gasteiger partial charge in [-0.2, -0.15) is 0 Å². The minimum atomic E-state index is 0. The Kier molecular flexibility index (Phi) is 11.5. The molecule has 0 bridgehead atoms. The number of halogens is 1. The highest BCUT2D eigenvalue weighted by atomic mass is 127. The summed E-state index contributed by atoms with van der Waals surface area (Å²) in [5, 5.41) is 6.87. The largest absolute Gasteiger partial charge is 0.356 e. The maximum absolute atomic E-state index is 11.8. The minimum Gasteiger partial charge on any atom is -0.356 e. The molecule has 26 heavy (non-hydrogen) atoms. The van der Waals surface area contributed by atoms with E-state index in [1.54, 1.807) is 0 Å². The highest BCUT2D eigenvalue weighted by molar-refractivity contribution is 14.0. The van der Waals surface area contributed by atoms with Crippen molar-refractivity contribution in [3.05, 3.63) is 0 Å². The molecule has 0 saturated carbocycles. The van der Waals surface area contributed by atoms with E-state index >= 15 is 0 Å². The number of nitrogens with one attached hydrogen (secondary N) is 2. The summed E-state index contributed by atoms with van der Waals surface area (Å²) >= 11 is 0. The summed E-state index contributed by atoms with van der Waals surface area (Å²) in [6.07, 6.45) is 6.74. The molecule has 6 nitrogen and oxygen atoms in total. The van der Waals surface area contributed by atoms with Crippen molar-refractivity contribution in [2.75, 3.05) is 46.3 Å². The van der Waals surface area contributed by atoms with Crippen LogP contribution in [0.4, 0.5) is 0 Å². The summed E-state index contributed by atoms with van der Waals surface area (Å²) in [7, 11) is 1.81. The minimum absolute atomic E-state index is 0. The van der Waals surface area contributed by atoms with Gasteiger partial charge in [0.2, 0.25) is 5.91 Å². The smallest absolute Gasteiger partial charge is 0.222 e. The van der Waals surface area contributed by atoms with Gasteiger partial charge < -0.3 is 20.4 Å². The molecule has 2 aliphatic heterocycles. The summed E-state index contributed by atoms with van der Waals surface area (Å²) in [6.45, 7) is 10.6. The van der Waals surface area contributed by atoms with Gasteiger partial charge in [-0.25, -0.2) is 0 Å². The lowest BCUT2D eigenvalue weighted by molar-refractivity contribution is -0.129. The number of hydrogen-bond donors (Lipinski definition) is 2. The van der Waals surface area contributed by atoms with E-state index in [2.05, 4.69) is 27.4 Å². The van der Waals surface area contributed by atoms with E-state index in [1.807, 2.05) is 18.9 Å². The molecule has 7 heteroatoms. The number of unbranched alkanes of at least 4 members (excludes halogenated alkanes) is 1. The number of amides is 1. The van der Waals surface area contributed by atoms with Gasteiger partial charge in [-0.05, 0) is 51.1 Å². The maximum Gasteiger partial charge on any atom is 0.222 e. The SMILES string of the molecule is CCC(=O)N1CCC(NC(=NC)NCCCCN2CCCC(C)C2)C1.I. The number of likely N-dealkylation sites (tertiary alicyclic amines) is 2. The number of guanidine groups is 1. The Balaban J connectivity index is 0.00000338. The van der Waals surface area contributed by atoms with Crippen LogP contribution in [-0.2, 0) is 4.79 Å². The second-order valence-electron chi connectivity index (χ2n) is 7.58. The van der Waals surface area contributed by atoms with E-state index in [4.69, 9.17) is 0 Å². The Bertz CT molecular complexity index is 446. The van der Waals surface area contributed by atoms with Crippen LogP contribution in [0.2, 0.25) is 0 Å². The van der Waals surface area contributed by atoms with Crippen LogP contribution >= 0.6 is 24.0 Å². The predicted molar refractivity (Wildman–Crippen MR) is 119 cm³/mol. The molecule has 0 aromatic carbocycles. The molecule has 2 unspecified atom stereocenters. The zero-order valence-electron chi connectivity index (χ0n) is 16.8. The molecule has 2 aliphatic rings. The first-order valence-electron chi connectivity index (χ1n) is 10.1. The average molecular weight is 479 g/mol. The molecule has 0 radical (unpaired) electrons. The number of aliphatic imine (C=N–C) groups is 1. The van der Waals surface area contributed by atoms with Gasteiger partial charge in [-0.1, -0.05) is 13.8 Å². The van der Waals surface area contributed by atoms with E-state index in [0.717, 1.165) is 44.4 Å². The second kappa shape index (κ2) is 12.8. The molecule has 2 fully saturated rings. The first-order valence-corrected chi connectivity index (χ1v) is 10.1. The highest BCUT2D eigenvalue weighted by Gasteiger charge is 2.25. The van der Waals surface area contributed by atoms with Crippen molar-refractivity contribution in [1.29, 1.82) is 0 Å². The highest BCUT2D eigenvalue weighted by Crippen LogP contribution is 2.15. The molecule has 1 amide bonds. The number of piperidine rings is 1. The van der Waals surface area contributed by atoms with Gasteiger partial charge in [-0.3, -0.25) is 9.79 Å². The summed E-state index contributed by atoms with van der Waals surface area (Å²) in [4.78, 5) is 20.6. The Morgan fingerprint density at radius 2 is 2.00 bits per heavy atom. The molecule has 0 aliphatic carbocycles. The lowest BCUT2D eigenvalue weighted by Crippen LogP contribution is -2.45. The third kappa shape index (κ3) is 7.98. The standard InChI is InChI=1S/C19H37N5O.HI/c1-4-18(25)24-13-9-17(15-24)22-19(20-3)21-10-5-6-11-23-12-7-8-16(2)14-23;/h16-17H,4-15H2,1-3H3,(H2,20,21,22);1H. The Labute approximate surface area is 176 Å². The molecule has 0 aromatic heterocycles. The Hall–Kier alpha value is -0.570. The molecule has 2 saturated heterocycles. The molecular formula is C19H38IN5O. The van der Waals surface area contributed by atoms with Crippen molar-refractivity contribution in [2.24, 2.45) is 10.9 Å². The fourth-order valence-corrected chi connectivity index (χ4v) is 3.87. The zero-order chi connectivity index (χ0) is 18.1. The summed E-state index contributed by atoms with van der Waals surface area (Å²) in [5.41, 5.74) is 0. The van der Waals surface area contributed by atoms with Crippen LogP contribution < -0.4 is 10.6 Å². The van der Waals surface area contributed by atoms with Gasteiger partial charge in [0.05, 0.1) is 0 Å². The predicted octanol–water partition coefficient (Wildman–Crippen LogP) is 2.29. The van der Waals surface area contributed by atoms with E-state index in [-0.39, 0.29) is 29.9 Å². The normalized spacial score (nSPS) is 24.3. The first-order chi connectivity index (χ1) is 12.1. The number of hydrogen-bond acceptors (Lipinski definition) is 3. The molecule has 0 aromatic rings. The number of carbonyl (C=O) groups is 1. The molecule has 2 rings (SSSR count). The second-order valence-corrected chi connectivity index (χ2v) is 7.58. The summed E-state index contributed by atoms with van der Waals surface area (Å²) in [6, 6.07) is 0.316. The van der Waals surface area contributed by atoms with E-state index in [0.29, 0.717) is 12.5 Å². The molecule has 152 valence electrons. The van der Waals surface area contributed by atoms with Crippen LogP contribution in [0.1, 0.15) is 52.4 Å². The van der Waals surface area contributed by atoms with Crippen LogP contribution in [-0.4, -0.2) is 74.0 Å². The number of nitrogens with zero attached hydrogens (tertiary/aromatic N) is 3. The first kappa shape index (κ1) is 23.5. The van der Waals surface area contributed by atoms with Gasteiger partial charge in [0.25, 0.3) is 0 Å². The van der Waals surface area contributed by atoms with E-state index < -0.39 is 0 Å². The van der Waals surface area contributed by atoms with Gasteiger partial charge in [-0.15, -0.1) is 24.0 Å². The fourth-order valence-electron chi connectivity index (χ4n) is 3.87. The Morgan fingerprint density at radius 3 is 2.69 bits per heavy atom. The number of rotatable bonds is 7. The van der Waals surface area contributed by atoms with Gasteiger partial charge in [0.1, 0.15) is 0 Å². The summed E-state index contributed by atoms with van der Waals surface area (Å²) in [5.74, 6) is 1.97. The van der Waals surface area contributed by atoms with Crippen LogP contribution in [0.15, 0.2) is 4.99 Å². The Morgan fingerprint density at radius 1 is 1.19 bits per heavy atom. The maximum atomic E-state index is 11.8. The van der Waals surface area contributed by atoms with E-state index in [1.165, 1.54) is 38.9 Å². The van der Waals surface area contributed by atoms with Crippen molar-refractivity contribution < 1.29 is 4.79 Å². The van der Waals surface area contributed by atoms with Gasteiger partial charge in [0, 0.05) is 45.7 Å². The third-order valence-electron chi connectivity index (χ3n) is 5.34.